The van der Waals surface area contributed by atoms with Gasteiger partial charge >= 0.3 is 0 Å². The van der Waals surface area contributed by atoms with Crippen molar-refractivity contribution < 1.29 is 5.11 Å². The van der Waals surface area contributed by atoms with E-state index in [9.17, 15) is 5.11 Å². The number of benzene rings is 2. The predicted molar refractivity (Wildman–Crippen MR) is 89.3 cm³/mol. The molecular weight excluding hydrogens is 258 g/mol. The standard InChI is InChI=1S/C19H23NO/c21-19-13-12-15-8-6-7-11-17(15)18(19)14-20-16-9-4-2-1-3-5-10-16/h6-8,11-14,16,21H,1-5,9-10H2. The molecule has 0 spiro atoms. The summed E-state index contributed by atoms with van der Waals surface area (Å²) in [6.45, 7) is 0. The highest BCUT2D eigenvalue weighted by Gasteiger charge is 2.10. The fraction of sp³-hybridized carbons (Fsp3) is 0.421. The highest BCUT2D eigenvalue weighted by Crippen LogP contribution is 2.26. The summed E-state index contributed by atoms with van der Waals surface area (Å²) in [5.41, 5.74) is 0.857. The van der Waals surface area contributed by atoms with E-state index in [0.29, 0.717) is 11.8 Å². The smallest absolute Gasteiger partial charge is 0.124 e. The molecule has 2 aromatic rings. The van der Waals surface area contributed by atoms with E-state index < -0.39 is 0 Å². The second kappa shape index (κ2) is 6.75. The van der Waals surface area contributed by atoms with Crippen molar-refractivity contribution in [2.75, 3.05) is 0 Å². The van der Waals surface area contributed by atoms with Crippen molar-refractivity contribution in [1.29, 1.82) is 0 Å². The molecule has 110 valence electrons. The Bertz CT molecular complexity index is 624. The number of fused-ring (bicyclic) bond motifs is 1. The molecule has 0 aromatic heterocycles. The molecule has 1 saturated carbocycles. The predicted octanol–water partition coefficient (Wildman–Crippen LogP) is 5.08. The summed E-state index contributed by atoms with van der Waals surface area (Å²) in [5.74, 6) is 0.322. The Morgan fingerprint density at radius 3 is 2.43 bits per heavy atom. The fourth-order valence-electron chi connectivity index (χ4n) is 3.18. The van der Waals surface area contributed by atoms with Crippen LogP contribution in [-0.2, 0) is 0 Å². The van der Waals surface area contributed by atoms with Crippen molar-refractivity contribution >= 4 is 17.0 Å². The molecule has 0 bridgehead atoms. The number of rotatable bonds is 2. The highest BCUT2D eigenvalue weighted by molar-refractivity contribution is 6.02. The molecule has 2 aromatic carbocycles. The molecule has 1 fully saturated rings. The highest BCUT2D eigenvalue weighted by atomic mass is 16.3. The van der Waals surface area contributed by atoms with Crippen molar-refractivity contribution in [3.63, 3.8) is 0 Å². The summed E-state index contributed by atoms with van der Waals surface area (Å²) < 4.78 is 0. The number of phenols is 1. The van der Waals surface area contributed by atoms with Crippen molar-refractivity contribution in [1.82, 2.24) is 0 Å². The summed E-state index contributed by atoms with van der Waals surface area (Å²) in [4.78, 5) is 4.78. The molecule has 1 aliphatic carbocycles. The van der Waals surface area contributed by atoms with Gasteiger partial charge in [0.15, 0.2) is 0 Å². The third-order valence-electron chi connectivity index (χ3n) is 4.44. The van der Waals surface area contributed by atoms with E-state index in [4.69, 9.17) is 4.99 Å². The second-order valence-electron chi connectivity index (χ2n) is 6.00. The zero-order valence-electron chi connectivity index (χ0n) is 12.5. The van der Waals surface area contributed by atoms with Gasteiger partial charge in [-0.15, -0.1) is 0 Å². The average Bonchev–Trinajstić information content (AvgIpc) is 2.48. The van der Waals surface area contributed by atoms with Crippen LogP contribution in [0.5, 0.6) is 5.75 Å². The van der Waals surface area contributed by atoms with Crippen LogP contribution in [0.3, 0.4) is 0 Å². The molecule has 0 saturated heterocycles. The minimum Gasteiger partial charge on any atom is -0.507 e. The Kier molecular flexibility index (Phi) is 4.54. The lowest BCUT2D eigenvalue weighted by molar-refractivity contribution is 0.455. The van der Waals surface area contributed by atoms with Crippen LogP contribution in [0.4, 0.5) is 0 Å². The number of phenolic OH excluding ortho intramolecular Hbond substituents is 1. The first-order chi connectivity index (χ1) is 10.3. The maximum absolute atomic E-state index is 10.1. The molecule has 21 heavy (non-hydrogen) atoms. The lowest BCUT2D eigenvalue weighted by Gasteiger charge is -2.15. The first-order valence-corrected chi connectivity index (χ1v) is 8.08. The summed E-state index contributed by atoms with van der Waals surface area (Å²) in [6, 6.07) is 12.3. The molecule has 0 amide bonds. The summed E-state index contributed by atoms with van der Waals surface area (Å²) in [7, 11) is 0. The quantitative estimate of drug-likeness (QED) is 0.765. The lowest BCUT2D eigenvalue weighted by Crippen LogP contribution is -2.07. The van der Waals surface area contributed by atoms with Crippen LogP contribution >= 0.6 is 0 Å². The average molecular weight is 281 g/mol. The van der Waals surface area contributed by atoms with Gasteiger partial charge in [0.1, 0.15) is 5.75 Å². The van der Waals surface area contributed by atoms with Crippen molar-refractivity contribution in [2.45, 2.75) is 51.0 Å². The minimum atomic E-state index is 0.322. The monoisotopic (exact) mass is 281 g/mol. The SMILES string of the molecule is Oc1ccc2ccccc2c1C=NC1CCCCCCC1. The van der Waals surface area contributed by atoms with E-state index in [2.05, 4.69) is 12.1 Å². The molecule has 1 aliphatic rings. The molecule has 0 radical (unpaired) electrons. The van der Waals surface area contributed by atoms with Gasteiger partial charge in [-0.3, -0.25) is 4.99 Å². The summed E-state index contributed by atoms with van der Waals surface area (Å²) >= 11 is 0. The zero-order chi connectivity index (χ0) is 14.5. The normalized spacial score (nSPS) is 17.9. The zero-order valence-corrected chi connectivity index (χ0v) is 12.5. The Morgan fingerprint density at radius 1 is 0.905 bits per heavy atom. The molecule has 1 N–H and O–H groups in total. The van der Waals surface area contributed by atoms with Gasteiger partial charge in [0.2, 0.25) is 0 Å². The maximum Gasteiger partial charge on any atom is 0.124 e. The van der Waals surface area contributed by atoms with E-state index in [1.54, 1.807) is 6.07 Å². The maximum atomic E-state index is 10.1. The molecule has 2 nitrogen and oxygen atoms in total. The van der Waals surface area contributed by atoms with E-state index >= 15 is 0 Å². The van der Waals surface area contributed by atoms with Crippen LogP contribution in [0, 0.1) is 0 Å². The van der Waals surface area contributed by atoms with Crippen LogP contribution in [0.2, 0.25) is 0 Å². The third-order valence-corrected chi connectivity index (χ3v) is 4.44. The van der Waals surface area contributed by atoms with E-state index in [0.717, 1.165) is 16.3 Å². The van der Waals surface area contributed by atoms with Crippen LogP contribution in [-0.4, -0.2) is 17.4 Å². The Labute approximate surface area is 126 Å². The number of nitrogens with zero attached hydrogens (tertiary/aromatic N) is 1. The minimum absolute atomic E-state index is 0.322. The van der Waals surface area contributed by atoms with Gasteiger partial charge < -0.3 is 5.11 Å². The van der Waals surface area contributed by atoms with Gasteiger partial charge in [0.05, 0.1) is 0 Å². The largest absolute Gasteiger partial charge is 0.507 e. The van der Waals surface area contributed by atoms with Crippen molar-refractivity contribution in [2.24, 2.45) is 4.99 Å². The number of aromatic hydroxyl groups is 1. The number of aliphatic imine (C=N–C) groups is 1. The second-order valence-corrected chi connectivity index (χ2v) is 6.00. The van der Waals surface area contributed by atoms with E-state index in [1.165, 1.54) is 44.9 Å². The molecule has 0 unspecified atom stereocenters. The summed E-state index contributed by atoms with van der Waals surface area (Å²) in [6.07, 6.45) is 10.9. The van der Waals surface area contributed by atoms with Crippen molar-refractivity contribution in [3.8, 4) is 5.75 Å². The molecule has 0 atom stereocenters. The Morgan fingerprint density at radius 2 is 1.62 bits per heavy atom. The molecule has 0 heterocycles. The van der Waals surface area contributed by atoms with Crippen LogP contribution in [0.15, 0.2) is 41.4 Å². The van der Waals surface area contributed by atoms with Gasteiger partial charge in [0.25, 0.3) is 0 Å². The summed E-state index contributed by atoms with van der Waals surface area (Å²) in [5, 5.41) is 12.4. The number of hydrogen-bond acceptors (Lipinski definition) is 2. The van der Waals surface area contributed by atoms with Gasteiger partial charge in [0, 0.05) is 17.8 Å². The van der Waals surface area contributed by atoms with Gasteiger partial charge in [-0.1, -0.05) is 62.4 Å². The Hall–Kier alpha value is -1.83. The number of hydrogen-bond donors (Lipinski definition) is 1. The van der Waals surface area contributed by atoms with E-state index in [-0.39, 0.29) is 0 Å². The molecule has 2 heteroatoms. The van der Waals surface area contributed by atoms with Crippen LogP contribution in [0.1, 0.15) is 50.5 Å². The lowest BCUT2D eigenvalue weighted by atomic mass is 9.97. The molecule has 0 aliphatic heterocycles. The van der Waals surface area contributed by atoms with Crippen molar-refractivity contribution in [3.05, 3.63) is 42.0 Å². The fourth-order valence-corrected chi connectivity index (χ4v) is 3.18. The first-order valence-electron chi connectivity index (χ1n) is 8.08. The van der Waals surface area contributed by atoms with Gasteiger partial charge in [-0.2, -0.15) is 0 Å². The molecular formula is C19H23NO. The van der Waals surface area contributed by atoms with Gasteiger partial charge in [-0.05, 0) is 29.7 Å². The van der Waals surface area contributed by atoms with E-state index in [1.807, 2.05) is 24.4 Å². The third kappa shape index (κ3) is 3.44. The van der Waals surface area contributed by atoms with Crippen LogP contribution in [0.25, 0.3) is 10.8 Å². The Balaban J connectivity index is 1.86. The van der Waals surface area contributed by atoms with Crippen LogP contribution < -0.4 is 0 Å². The van der Waals surface area contributed by atoms with Gasteiger partial charge in [-0.25, -0.2) is 0 Å². The topological polar surface area (TPSA) is 32.6 Å². The first kappa shape index (κ1) is 14.1. The molecule has 3 rings (SSSR count).